The van der Waals surface area contributed by atoms with Gasteiger partial charge in [-0.05, 0) is 67.2 Å². The Bertz CT molecular complexity index is 1330. The van der Waals surface area contributed by atoms with Crippen LogP contribution < -0.4 is 21.5 Å². The molecule has 7 N–H and O–H groups in total. The summed E-state index contributed by atoms with van der Waals surface area (Å²) in [6.07, 6.45) is 3.28. The number of rotatable bonds is 16. The maximum absolute atomic E-state index is 13.7. The molecule has 0 heterocycles. The van der Waals surface area contributed by atoms with Gasteiger partial charge in [-0.25, -0.2) is 0 Å². The van der Waals surface area contributed by atoms with E-state index < -0.39 is 29.3 Å². The molecule has 1 aliphatic rings. The summed E-state index contributed by atoms with van der Waals surface area (Å²) in [5.41, 5.74) is 12.1. The number of aliphatic hydroxyl groups excluding tert-OH is 1. The lowest BCUT2D eigenvalue weighted by atomic mass is 9.63. The van der Waals surface area contributed by atoms with Gasteiger partial charge in [0.2, 0.25) is 17.7 Å². The van der Waals surface area contributed by atoms with Crippen molar-refractivity contribution in [2.24, 2.45) is 22.8 Å². The molecule has 43 heavy (non-hydrogen) atoms. The SMILES string of the molecule is CCCN(CCC)C(=O)C1=CC(C(N)=O)=CC(C(N)=O)([C@H](Cc2ccc(O)cc2)[C@@H](O)CNCc2cccc(OC)c2)C1. The molecule has 0 fully saturated rings. The van der Waals surface area contributed by atoms with Crippen LogP contribution in [0.2, 0.25) is 0 Å². The Labute approximate surface area is 253 Å². The highest BCUT2D eigenvalue weighted by Gasteiger charge is 2.49. The fourth-order valence-electron chi connectivity index (χ4n) is 5.68. The topological polar surface area (TPSA) is 168 Å². The van der Waals surface area contributed by atoms with E-state index in [0.717, 1.165) is 24.0 Å². The number of carbonyl (C=O) groups excluding carboxylic acids is 3. The number of nitrogens with zero attached hydrogens (tertiary/aromatic N) is 1. The minimum Gasteiger partial charge on any atom is -0.508 e. The lowest BCUT2D eigenvalue weighted by Crippen LogP contribution is -2.52. The first kappa shape index (κ1) is 33.4. The van der Waals surface area contributed by atoms with E-state index in [0.29, 0.717) is 25.4 Å². The van der Waals surface area contributed by atoms with E-state index in [2.05, 4.69) is 5.32 Å². The molecule has 1 unspecified atom stereocenters. The summed E-state index contributed by atoms with van der Waals surface area (Å²) >= 11 is 0. The average molecular weight is 593 g/mol. The van der Waals surface area contributed by atoms with Gasteiger partial charge in [-0.2, -0.15) is 0 Å². The molecule has 232 valence electrons. The molecule has 10 heteroatoms. The normalized spacial score (nSPS) is 17.8. The number of hydrogen-bond acceptors (Lipinski definition) is 7. The summed E-state index contributed by atoms with van der Waals surface area (Å²) in [4.78, 5) is 41.5. The summed E-state index contributed by atoms with van der Waals surface area (Å²) in [5, 5.41) is 24.8. The first-order chi connectivity index (χ1) is 20.5. The molecule has 2 aromatic carbocycles. The van der Waals surface area contributed by atoms with Crippen LogP contribution in [0.5, 0.6) is 11.5 Å². The van der Waals surface area contributed by atoms with E-state index in [1.807, 2.05) is 38.1 Å². The van der Waals surface area contributed by atoms with Crippen LogP contribution in [0, 0.1) is 11.3 Å². The third-order valence-electron chi connectivity index (χ3n) is 7.85. The number of nitrogens with two attached hydrogens (primary N) is 2. The monoisotopic (exact) mass is 592 g/mol. The Morgan fingerprint density at radius 1 is 1.05 bits per heavy atom. The van der Waals surface area contributed by atoms with Crippen molar-refractivity contribution in [1.29, 1.82) is 0 Å². The fraction of sp³-hybridized carbons (Fsp3) is 0.424. The highest BCUT2D eigenvalue weighted by Crippen LogP contribution is 2.44. The Balaban J connectivity index is 2.02. The van der Waals surface area contributed by atoms with Gasteiger partial charge in [0.1, 0.15) is 11.5 Å². The maximum Gasteiger partial charge on any atom is 0.249 e. The van der Waals surface area contributed by atoms with Gasteiger partial charge in [-0.3, -0.25) is 14.4 Å². The van der Waals surface area contributed by atoms with Gasteiger partial charge in [-0.1, -0.05) is 44.2 Å². The van der Waals surface area contributed by atoms with Crippen molar-refractivity contribution in [2.75, 3.05) is 26.7 Å². The summed E-state index contributed by atoms with van der Waals surface area (Å²) in [5.74, 6) is -1.96. The minimum absolute atomic E-state index is 0.00593. The molecule has 0 aliphatic heterocycles. The Morgan fingerprint density at radius 2 is 1.72 bits per heavy atom. The van der Waals surface area contributed by atoms with Crippen molar-refractivity contribution in [3.63, 3.8) is 0 Å². The largest absolute Gasteiger partial charge is 0.508 e. The zero-order valence-corrected chi connectivity index (χ0v) is 25.2. The standard InChI is InChI=1S/C33H44N4O6/c1-4-13-37(14-5-2)31(41)25-17-24(30(34)40)18-33(19-25,32(35)42)28(16-22-9-11-26(38)12-10-22)29(39)21-36-20-23-7-6-8-27(15-23)43-3/h6-12,15,17-18,28-29,36,38-39H,4-5,13-14,16,19-21H2,1-3H3,(H2,34,40)(H2,35,42)/t28-,29+,33?/m1/s1. The molecule has 3 atom stereocenters. The Kier molecular flexibility index (Phi) is 11.9. The number of aliphatic hydroxyl groups is 1. The molecule has 3 rings (SSSR count). The molecule has 0 saturated heterocycles. The third-order valence-corrected chi connectivity index (χ3v) is 7.85. The van der Waals surface area contributed by atoms with Crippen LogP contribution in [0.1, 0.15) is 44.2 Å². The van der Waals surface area contributed by atoms with Crippen molar-refractivity contribution in [1.82, 2.24) is 10.2 Å². The number of ether oxygens (including phenoxy) is 1. The zero-order chi connectivity index (χ0) is 31.6. The van der Waals surface area contributed by atoms with E-state index >= 15 is 0 Å². The summed E-state index contributed by atoms with van der Waals surface area (Å²) in [6.45, 7) is 5.46. The van der Waals surface area contributed by atoms with Crippen molar-refractivity contribution < 1.29 is 29.3 Å². The van der Waals surface area contributed by atoms with E-state index in [1.165, 1.54) is 24.3 Å². The van der Waals surface area contributed by atoms with E-state index in [1.54, 1.807) is 24.1 Å². The van der Waals surface area contributed by atoms with Crippen molar-refractivity contribution in [2.45, 2.75) is 52.2 Å². The van der Waals surface area contributed by atoms with Crippen LogP contribution in [-0.2, 0) is 27.3 Å². The smallest absolute Gasteiger partial charge is 0.249 e. The second-order valence-electron chi connectivity index (χ2n) is 11.0. The lowest BCUT2D eigenvalue weighted by molar-refractivity contribution is -0.132. The fourth-order valence-corrected chi connectivity index (χ4v) is 5.68. The Hall–Kier alpha value is -4.15. The van der Waals surface area contributed by atoms with Crippen LogP contribution in [0.25, 0.3) is 0 Å². The predicted octanol–water partition coefficient (Wildman–Crippen LogP) is 2.57. The van der Waals surface area contributed by atoms with Crippen LogP contribution in [0.4, 0.5) is 0 Å². The highest BCUT2D eigenvalue weighted by atomic mass is 16.5. The number of amides is 3. The number of nitrogens with one attached hydrogen (secondary N) is 1. The zero-order valence-electron chi connectivity index (χ0n) is 25.2. The molecule has 0 aromatic heterocycles. The second kappa shape index (κ2) is 15.4. The van der Waals surface area contributed by atoms with Crippen LogP contribution in [0.3, 0.4) is 0 Å². The second-order valence-corrected chi connectivity index (χ2v) is 11.0. The first-order valence-electron chi connectivity index (χ1n) is 14.7. The molecule has 10 nitrogen and oxygen atoms in total. The van der Waals surface area contributed by atoms with Gasteiger partial charge in [0, 0.05) is 43.2 Å². The van der Waals surface area contributed by atoms with Gasteiger partial charge < -0.3 is 36.6 Å². The van der Waals surface area contributed by atoms with Gasteiger partial charge in [0.25, 0.3) is 0 Å². The van der Waals surface area contributed by atoms with Crippen molar-refractivity contribution in [3.05, 3.63) is 83.0 Å². The summed E-state index contributed by atoms with van der Waals surface area (Å²) in [7, 11) is 1.59. The molecule has 0 spiro atoms. The number of primary amides is 2. The van der Waals surface area contributed by atoms with Gasteiger partial charge in [0.05, 0.1) is 18.6 Å². The number of carbonyl (C=O) groups is 3. The number of methoxy groups -OCH3 is 1. The predicted molar refractivity (Wildman–Crippen MR) is 165 cm³/mol. The summed E-state index contributed by atoms with van der Waals surface area (Å²) in [6, 6.07) is 13.9. The van der Waals surface area contributed by atoms with Crippen LogP contribution in [-0.4, -0.2) is 65.7 Å². The van der Waals surface area contributed by atoms with Crippen molar-refractivity contribution >= 4 is 17.7 Å². The number of phenolic OH excluding ortho intramolecular Hbond substituents is 1. The van der Waals surface area contributed by atoms with Crippen molar-refractivity contribution in [3.8, 4) is 11.5 Å². The molecule has 0 bridgehead atoms. The highest BCUT2D eigenvalue weighted by molar-refractivity contribution is 6.03. The van der Waals surface area contributed by atoms with E-state index in [-0.39, 0.29) is 42.2 Å². The number of hydrogen-bond donors (Lipinski definition) is 5. The molecule has 2 aromatic rings. The molecule has 0 radical (unpaired) electrons. The van der Waals surface area contributed by atoms with Crippen LogP contribution in [0.15, 0.2) is 71.8 Å². The average Bonchev–Trinajstić information content (AvgIpc) is 2.99. The molecule has 1 aliphatic carbocycles. The van der Waals surface area contributed by atoms with E-state index in [9.17, 15) is 24.6 Å². The van der Waals surface area contributed by atoms with Gasteiger partial charge in [0.15, 0.2) is 0 Å². The van der Waals surface area contributed by atoms with Gasteiger partial charge in [-0.15, -0.1) is 0 Å². The number of phenols is 1. The minimum atomic E-state index is -1.61. The molecular weight excluding hydrogens is 548 g/mol. The lowest BCUT2D eigenvalue weighted by Gasteiger charge is -2.42. The molecule has 3 amide bonds. The van der Waals surface area contributed by atoms with Crippen LogP contribution >= 0.6 is 0 Å². The molecular formula is C33H44N4O6. The Morgan fingerprint density at radius 3 is 2.30 bits per heavy atom. The van der Waals surface area contributed by atoms with E-state index in [4.69, 9.17) is 16.2 Å². The quantitative estimate of drug-likeness (QED) is 0.200. The number of aromatic hydroxyl groups is 1. The first-order valence-corrected chi connectivity index (χ1v) is 14.7. The molecule has 0 saturated carbocycles. The summed E-state index contributed by atoms with van der Waals surface area (Å²) < 4.78 is 5.29. The maximum atomic E-state index is 13.7. The number of benzene rings is 2. The third kappa shape index (κ3) is 8.46. The van der Waals surface area contributed by atoms with Gasteiger partial charge >= 0.3 is 0 Å².